The molecule has 1 fully saturated rings. The van der Waals surface area contributed by atoms with Crippen molar-refractivity contribution < 1.29 is 28.2 Å². The fourth-order valence-corrected chi connectivity index (χ4v) is 4.52. The molecule has 1 saturated heterocycles. The zero-order valence-corrected chi connectivity index (χ0v) is 19.6. The normalized spacial score (nSPS) is 14.8. The molecule has 8 nitrogen and oxygen atoms in total. The summed E-state index contributed by atoms with van der Waals surface area (Å²) in [5, 5.41) is 14.6. The number of benzene rings is 1. The number of carboxylic acid groups (broad SMARTS) is 1. The Morgan fingerprint density at radius 3 is 2.58 bits per heavy atom. The van der Waals surface area contributed by atoms with Crippen LogP contribution in [0.15, 0.2) is 12.1 Å². The van der Waals surface area contributed by atoms with Crippen molar-refractivity contribution in [3.05, 3.63) is 39.9 Å². The van der Waals surface area contributed by atoms with Crippen LogP contribution >= 0.6 is 23.1 Å². The van der Waals surface area contributed by atoms with Gasteiger partial charge in [0, 0.05) is 11.6 Å². The van der Waals surface area contributed by atoms with Crippen LogP contribution in [0.2, 0.25) is 5.02 Å². The predicted molar refractivity (Wildman–Crippen MR) is 121 cm³/mol. The topological polar surface area (TPSA) is 104 Å². The number of nitrogens with one attached hydrogen (secondary N) is 2. The van der Waals surface area contributed by atoms with Gasteiger partial charge in [-0.15, -0.1) is 0 Å². The van der Waals surface area contributed by atoms with Crippen LogP contribution in [-0.2, 0) is 0 Å². The Balaban J connectivity index is 1.57. The van der Waals surface area contributed by atoms with Crippen LogP contribution in [0.1, 0.15) is 54.6 Å². The molecule has 0 radical (unpaired) electrons. The molecule has 0 spiro atoms. The van der Waals surface area contributed by atoms with E-state index in [-0.39, 0.29) is 15.9 Å². The van der Waals surface area contributed by atoms with E-state index in [9.17, 15) is 23.5 Å². The van der Waals surface area contributed by atoms with Gasteiger partial charge in [-0.3, -0.25) is 5.32 Å². The quantitative estimate of drug-likeness (QED) is 0.399. The molecule has 2 aromatic rings. The lowest BCUT2D eigenvalue weighted by molar-refractivity contribution is 0.0690. The van der Waals surface area contributed by atoms with Gasteiger partial charge in [-0.2, -0.15) is 4.37 Å². The molecule has 0 aliphatic carbocycles. The van der Waals surface area contributed by atoms with E-state index >= 15 is 0 Å². The molecule has 33 heavy (non-hydrogen) atoms. The Kier molecular flexibility index (Phi) is 8.81. The zero-order chi connectivity index (χ0) is 24.0. The number of likely N-dealkylation sites (tertiary alicyclic amines) is 1. The second-order valence-corrected chi connectivity index (χ2v) is 8.89. The van der Waals surface area contributed by atoms with Crippen molar-refractivity contribution in [3.8, 4) is 5.88 Å². The minimum absolute atomic E-state index is 0.0451. The number of urea groups is 1. The second-order valence-electron chi connectivity index (χ2n) is 7.68. The fourth-order valence-electron chi connectivity index (χ4n) is 3.61. The molecule has 1 unspecified atom stereocenters. The summed E-state index contributed by atoms with van der Waals surface area (Å²) in [5.41, 5.74) is -0.810. The first-order valence-electron chi connectivity index (χ1n) is 10.6. The summed E-state index contributed by atoms with van der Waals surface area (Å²) >= 11 is 6.33. The number of ether oxygens (including phenoxy) is 1. The fraction of sp³-hybridized carbons (Fsp3) is 0.476. The Morgan fingerprint density at radius 1 is 1.27 bits per heavy atom. The van der Waals surface area contributed by atoms with E-state index in [1.54, 1.807) is 0 Å². The second kappa shape index (κ2) is 11.6. The highest BCUT2D eigenvalue weighted by atomic mass is 35.5. The van der Waals surface area contributed by atoms with E-state index in [1.165, 1.54) is 19.8 Å². The molecular weight excluding hydrogens is 478 g/mol. The molecule has 1 aromatic heterocycles. The summed E-state index contributed by atoms with van der Waals surface area (Å²) in [4.78, 5) is 26.3. The highest BCUT2D eigenvalue weighted by molar-refractivity contribution is 7.11. The minimum Gasteiger partial charge on any atom is -0.477 e. The number of carboxylic acids is 1. The number of carbonyl (C=O) groups is 2. The van der Waals surface area contributed by atoms with Gasteiger partial charge in [-0.05, 0) is 75.9 Å². The largest absolute Gasteiger partial charge is 0.477 e. The van der Waals surface area contributed by atoms with Crippen molar-refractivity contribution >= 4 is 40.1 Å². The van der Waals surface area contributed by atoms with Gasteiger partial charge in [0.15, 0.2) is 5.56 Å². The van der Waals surface area contributed by atoms with Crippen LogP contribution in [0.4, 0.5) is 18.6 Å². The minimum atomic E-state index is -1.40. The first-order chi connectivity index (χ1) is 15.8. The van der Waals surface area contributed by atoms with Crippen LogP contribution in [0.5, 0.6) is 5.88 Å². The van der Waals surface area contributed by atoms with Crippen molar-refractivity contribution in [2.24, 2.45) is 0 Å². The van der Waals surface area contributed by atoms with E-state index in [1.807, 2.05) is 0 Å². The number of anilines is 1. The van der Waals surface area contributed by atoms with E-state index in [2.05, 4.69) is 19.9 Å². The Labute approximate surface area is 199 Å². The molecule has 12 heteroatoms. The Bertz CT molecular complexity index is 978. The highest BCUT2D eigenvalue weighted by Gasteiger charge is 2.27. The zero-order valence-electron chi connectivity index (χ0n) is 18.0. The summed E-state index contributed by atoms with van der Waals surface area (Å²) in [5.74, 6) is -3.61. The van der Waals surface area contributed by atoms with E-state index < -0.39 is 40.9 Å². The van der Waals surface area contributed by atoms with Crippen molar-refractivity contribution in [3.63, 3.8) is 0 Å². The lowest BCUT2D eigenvalue weighted by Gasteiger charge is -2.15. The van der Waals surface area contributed by atoms with Gasteiger partial charge >= 0.3 is 12.0 Å². The Morgan fingerprint density at radius 2 is 1.94 bits per heavy atom. The first kappa shape index (κ1) is 25.1. The number of unbranched alkanes of at least 4 members (excludes halogenated alkanes) is 1. The number of aromatic nitrogens is 1. The SMILES string of the molecule is CC(Oc1nsc(NC(=O)NCCCCN2CCCC2)c1C(=O)O)c1c(F)cc(Cl)cc1F. The molecule has 1 atom stereocenters. The molecule has 2 heterocycles. The average Bonchev–Trinajstić information content (AvgIpc) is 3.37. The number of nitrogens with zero attached hydrogens (tertiary/aromatic N) is 2. The van der Waals surface area contributed by atoms with Gasteiger partial charge in [0.1, 0.15) is 22.7 Å². The van der Waals surface area contributed by atoms with Gasteiger partial charge in [-0.1, -0.05) is 11.6 Å². The van der Waals surface area contributed by atoms with Crippen LogP contribution in [0.3, 0.4) is 0 Å². The first-order valence-corrected chi connectivity index (χ1v) is 11.7. The summed E-state index contributed by atoms with van der Waals surface area (Å²) in [6, 6.07) is 1.29. The van der Waals surface area contributed by atoms with Gasteiger partial charge < -0.3 is 20.1 Å². The van der Waals surface area contributed by atoms with Gasteiger partial charge in [0.25, 0.3) is 0 Å². The van der Waals surface area contributed by atoms with Crippen LogP contribution < -0.4 is 15.4 Å². The maximum atomic E-state index is 14.2. The molecule has 1 aliphatic heterocycles. The molecule has 0 saturated carbocycles. The maximum absolute atomic E-state index is 14.2. The molecule has 2 amide bonds. The number of hydrogen-bond acceptors (Lipinski definition) is 6. The van der Waals surface area contributed by atoms with Crippen molar-refractivity contribution in [2.45, 2.75) is 38.7 Å². The monoisotopic (exact) mass is 502 g/mol. The number of carbonyl (C=O) groups excluding carboxylic acids is 1. The average molecular weight is 503 g/mol. The smallest absolute Gasteiger partial charge is 0.344 e. The molecule has 3 rings (SSSR count). The van der Waals surface area contributed by atoms with Gasteiger partial charge in [0.2, 0.25) is 5.88 Å². The third-order valence-electron chi connectivity index (χ3n) is 5.23. The number of hydrogen-bond donors (Lipinski definition) is 3. The highest BCUT2D eigenvalue weighted by Crippen LogP contribution is 2.35. The molecule has 1 aromatic carbocycles. The van der Waals surface area contributed by atoms with Crippen molar-refractivity contribution in [2.75, 3.05) is 31.5 Å². The van der Waals surface area contributed by atoms with Crippen molar-refractivity contribution in [1.82, 2.24) is 14.6 Å². The Hall–Kier alpha value is -2.50. The summed E-state index contributed by atoms with van der Waals surface area (Å²) < 4.78 is 37.7. The molecule has 1 aliphatic rings. The van der Waals surface area contributed by atoms with E-state index in [0.29, 0.717) is 18.1 Å². The number of rotatable bonds is 10. The maximum Gasteiger partial charge on any atom is 0.344 e. The third kappa shape index (κ3) is 6.75. The molecule has 180 valence electrons. The lowest BCUT2D eigenvalue weighted by Crippen LogP contribution is -2.30. The molecule has 3 N–H and O–H groups in total. The third-order valence-corrected chi connectivity index (χ3v) is 6.19. The van der Waals surface area contributed by atoms with Crippen molar-refractivity contribution in [1.29, 1.82) is 0 Å². The standard InChI is InChI=1S/C21H25ClF2N4O4S/c1-12(16-14(23)10-13(22)11-15(16)24)32-18-17(20(29)30)19(33-27-18)26-21(31)25-6-2-3-7-28-8-4-5-9-28/h10-12H,2-9H2,1H3,(H,29,30)(H2,25,26,31). The molecular formula is C21H25ClF2N4O4S. The summed E-state index contributed by atoms with van der Waals surface area (Å²) in [6.07, 6.45) is 3.02. The summed E-state index contributed by atoms with van der Waals surface area (Å²) in [7, 11) is 0. The summed E-state index contributed by atoms with van der Waals surface area (Å²) in [6.45, 7) is 5.03. The van der Waals surface area contributed by atoms with Crippen LogP contribution in [-0.4, -0.2) is 52.6 Å². The number of aromatic carboxylic acids is 1. The molecule has 0 bridgehead atoms. The lowest BCUT2D eigenvalue weighted by atomic mass is 10.1. The van der Waals surface area contributed by atoms with E-state index in [0.717, 1.165) is 44.6 Å². The van der Waals surface area contributed by atoms with Crippen LogP contribution in [0.25, 0.3) is 0 Å². The van der Waals surface area contributed by atoms with Crippen LogP contribution in [0, 0.1) is 11.6 Å². The number of amides is 2. The van der Waals surface area contributed by atoms with Gasteiger partial charge in [-0.25, -0.2) is 18.4 Å². The van der Waals surface area contributed by atoms with E-state index in [4.69, 9.17) is 16.3 Å². The number of halogens is 3. The predicted octanol–water partition coefficient (Wildman–Crippen LogP) is 4.91. The van der Waals surface area contributed by atoms with Gasteiger partial charge in [0.05, 0.1) is 5.56 Å².